The number of nitrogens with zero attached hydrogens (tertiary/aromatic N) is 1. The van der Waals surface area contributed by atoms with E-state index in [1.165, 1.54) is 0 Å². The highest BCUT2D eigenvalue weighted by molar-refractivity contribution is 9.10. The summed E-state index contributed by atoms with van der Waals surface area (Å²) in [7, 11) is 0. The smallest absolute Gasteiger partial charge is 0.321 e. The van der Waals surface area contributed by atoms with E-state index in [1.54, 1.807) is 24.3 Å². The number of hydrogen-bond donors (Lipinski definition) is 1. The molecule has 0 spiro atoms. The quantitative estimate of drug-likeness (QED) is 0.838. The summed E-state index contributed by atoms with van der Waals surface area (Å²) in [5, 5.41) is 9.36. The zero-order chi connectivity index (χ0) is 14.5. The Morgan fingerprint density at radius 1 is 1.15 bits per heavy atom. The van der Waals surface area contributed by atoms with E-state index in [-0.39, 0.29) is 12.2 Å². The Morgan fingerprint density at radius 2 is 1.75 bits per heavy atom. The maximum atomic E-state index is 12.2. The molecule has 108 valence electrons. The van der Waals surface area contributed by atoms with Crippen molar-refractivity contribution in [3.63, 3.8) is 0 Å². The molecular weight excluding hydrogens is 322 g/mol. The summed E-state index contributed by atoms with van der Waals surface area (Å²) in [5.74, 6) is -1.02. The van der Waals surface area contributed by atoms with Crippen LogP contribution in [0.3, 0.4) is 0 Å². The van der Waals surface area contributed by atoms with Crippen LogP contribution in [0, 0.1) is 0 Å². The van der Waals surface area contributed by atoms with Gasteiger partial charge in [0.15, 0.2) is 5.78 Å². The van der Waals surface area contributed by atoms with Crippen LogP contribution >= 0.6 is 15.9 Å². The molecular formula is C15H18BrNO3. The average Bonchev–Trinajstić information content (AvgIpc) is 2.46. The first kappa shape index (κ1) is 15.2. The van der Waals surface area contributed by atoms with Crippen LogP contribution in [0.1, 0.15) is 36.0 Å². The summed E-state index contributed by atoms with van der Waals surface area (Å²) >= 11 is 3.32. The molecule has 0 radical (unpaired) electrons. The number of ketones is 1. The highest BCUT2D eigenvalue weighted by atomic mass is 79.9. The number of likely N-dealkylation sites (tertiary alicyclic amines) is 1. The first-order valence-electron chi connectivity index (χ1n) is 6.83. The summed E-state index contributed by atoms with van der Waals surface area (Å²) in [4.78, 5) is 25.5. The van der Waals surface area contributed by atoms with Gasteiger partial charge in [0.2, 0.25) is 0 Å². The van der Waals surface area contributed by atoms with Gasteiger partial charge >= 0.3 is 5.97 Å². The van der Waals surface area contributed by atoms with Crippen LogP contribution in [0.5, 0.6) is 0 Å². The molecule has 20 heavy (non-hydrogen) atoms. The number of carboxylic acid groups (broad SMARTS) is 1. The second kappa shape index (κ2) is 6.99. The van der Waals surface area contributed by atoms with Crippen LogP contribution in [0.25, 0.3) is 0 Å². The molecule has 2 rings (SSSR count). The molecule has 5 heteroatoms. The van der Waals surface area contributed by atoms with Crippen LogP contribution < -0.4 is 0 Å². The molecule has 1 aromatic rings. The topological polar surface area (TPSA) is 57.6 Å². The lowest BCUT2D eigenvalue weighted by Gasteiger charge is -2.31. The van der Waals surface area contributed by atoms with Crippen molar-refractivity contribution in [3.8, 4) is 0 Å². The Bertz CT molecular complexity index is 480. The van der Waals surface area contributed by atoms with Gasteiger partial charge in [0.05, 0.1) is 0 Å². The number of benzene rings is 1. The first-order valence-corrected chi connectivity index (χ1v) is 7.63. The van der Waals surface area contributed by atoms with Crippen molar-refractivity contribution in [2.75, 3.05) is 13.1 Å². The molecule has 0 saturated carbocycles. The fourth-order valence-corrected chi connectivity index (χ4v) is 2.80. The fourth-order valence-electron chi connectivity index (χ4n) is 2.53. The Kier molecular flexibility index (Phi) is 5.31. The fraction of sp³-hybridized carbons (Fsp3) is 0.467. The third kappa shape index (κ3) is 3.90. The van der Waals surface area contributed by atoms with E-state index in [9.17, 15) is 14.7 Å². The summed E-state index contributed by atoms with van der Waals surface area (Å²) in [6.07, 6.45) is 3.20. The largest absolute Gasteiger partial charge is 0.480 e. The molecule has 1 heterocycles. The van der Waals surface area contributed by atoms with Gasteiger partial charge in [0, 0.05) is 16.5 Å². The highest BCUT2D eigenvalue weighted by Crippen LogP contribution is 2.18. The van der Waals surface area contributed by atoms with E-state index in [2.05, 4.69) is 15.9 Å². The molecule has 1 aliphatic heterocycles. The van der Waals surface area contributed by atoms with Crippen molar-refractivity contribution < 1.29 is 14.7 Å². The summed E-state index contributed by atoms with van der Waals surface area (Å²) in [6, 6.07) is 6.34. The van der Waals surface area contributed by atoms with E-state index in [0.29, 0.717) is 5.56 Å². The van der Waals surface area contributed by atoms with E-state index < -0.39 is 12.0 Å². The lowest BCUT2D eigenvalue weighted by atomic mass is 10.0. The van der Waals surface area contributed by atoms with E-state index in [4.69, 9.17) is 0 Å². The number of rotatable bonds is 5. The number of Topliss-reactive ketones (excluding diaryl/α,β-unsaturated/α-hetero) is 1. The van der Waals surface area contributed by atoms with Gasteiger partial charge in [0.1, 0.15) is 6.04 Å². The van der Waals surface area contributed by atoms with Crippen LogP contribution in [-0.2, 0) is 4.79 Å². The second-order valence-corrected chi connectivity index (χ2v) is 6.00. The van der Waals surface area contributed by atoms with Crippen LogP contribution in [0.15, 0.2) is 28.7 Å². The van der Waals surface area contributed by atoms with Gasteiger partial charge in [0.25, 0.3) is 0 Å². The van der Waals surface area contributed by atoms with E-state index in [0.717, 1.165) is 36.8 Å². The van der Waals surface area contributed by atoms with Crippen molar-refractivity contribution >= 4 is 27.7 Å². The standard InChI is InChI=1S/C15H18BrNO3/c16-12-6-4-11(5-7-12)14(18)10-13(15(19)20)17-8-2-1-3-9-17/h4-7,13H,1-3,8-10H2,(H,19,20)/t13-/m0/s1. The molecule has 1 fully saturated rings. The van der Waals surface area contributed by atoms with Gasteiger partial charge in [-0.2, -0.15) is 0 Å². The number of carboxylic acids is 1. The normalized spacial score (nSPS) is 17.6. The predicted molar refractivity (Wildman–Crippen MR) is 79.9 cm³/mol. The predicted octanol–water partition coefficient (Wildman–Crippen LogP) is 2.96. The minimum atomic E-state index is -0.905. The molecule has 1 N–H and O–H groups in total. The average molecular weight is 340 g/mol. The van der Waals surface area contributed by atoms with Gasteiger partial charge in [-0.15, -0.1) is 0 Å². The first-order chi connectivity index (χ1) is 9.58. The summed E-state index contributed by atoms with van der Waals surface area (Å²) in [5.41, 5.74) is 0.566. The van der Waals surface area contributed by atoms with Gasteiger partial charge in [-0.25, -0.2) is 0 Å². The molecule has 0 unspecified atom stereocenters. The molecule has 1 aromatic carbocycles. The minimum Gasteiger partial charge on any atom is -0.480 e. The number of carbonyl (C=O) groups excluding carboxylic acids is 1. The van der Waals surface area contributed by atoms with Crippen LogP contribution in [0.4, 0.5) is 0 Å². The van der Waals surface area contributed by atoms with Gasteiger partial charge < -0.3 is 5.11 Å². The zero-order valence-corrected chi connectivity index (χ0v) is 12.8. The molecule has 0 amide bonds. The maximum Gasteiger partial charge on any atom is 0.321 e. The Morgan fingerprint density at radius 3 is 2.30 bits per heavy atom. The molecule has 1 aliphatic rings. The molecule has 0 aliphatic carbocycles. The van der Waals surface area contributed by atoms with Gasteiger partial charge in [-0.05, 0) is 38.1 Å². The van der Waals surface area contributed by atoms with Gasteiger partial charge in [-0.1, -0.05) is 34.5 Å². The molecule has 1 atom stereocenters. The van der Waals surface area contributed by atoms with Crippen molar-refractivity contribution in [2.24, 2.45) is 0 Å². The number of halogens is 1. The lowest BCUT2D eigenvalue weighted by Crippen LogP contribution is -2.45. The summed E-state index contributed by atoms with van der Waals surface area (Å²) in [6.45, 7) is 1.54. The van der Waals surface area contributed by atoms with E-state index >= 15 is 0 Å². The Hall–Kier alpha value is -1.20. The Labute approximate surface area is 126 Å². The molecule has 1 saturated heterocycles. The SMILES string of the molecule is O=C(C[C@@H](C(=O)O)N1CCCCC1)c1ccc(Br)cc1. The molecule has 0 aromatic heterocycles. The number of carbonyl (C=O) groups is 2. The minimum absolute atomic E-state index is 0.0387. The number of aliphatic carboxylic acids is 1. The summed E-state index contributed by atoms with van der Waals surface area (Å²) < 4.78 is 0.903. The van der Waals surface area contributed by atoms with Crippen molar-refractivity contribution in [3.05, 3.63) is 34.3 Å². The second-order valence-electron chi connectivity index (χ2n) is 5.08. The molecule has 4 nitrogen and oxygen atoms in total. The van der Waals surface area contributed by atoms with Crippen LogP contribution in [0.2, 0.25) is 0 Å². The van der Waals surface area contributed by atoms with Crippen molar-refractivity contribution in [2.45, 2.75) is 31.7 Å². The third-order valence-corrected chi connectivity index (χ3v) is 4.19. The number of piperidine rings is 1. The Balaban J connectivity index is 2.05. The highest BCUT2D eigenvalue weighted by Gasteiger charge is 2.29. The van der Waals surface area contributed by atoms with E-state index in [1.807, 2.05) is 4.90 Å². The van der Waals surface area contributed by atoms with Gasteiger partial charge in [-0.3, -0.25) is 14.5 Å². The number of hydrogen-bond acceptors (Lipinski definition) is 3. The lowest BCUT2D eigenvalue weighted by molar-refractivity contribution is -0.143. The van der Waals surface area contributed by atoms with Crippen molar-refractivity contribution in [1.29, 1.82) is 0 Å². The zero-order valence-electron chi connectivity index (χ0n) is 11.2. The monoisotopic (exact) mass is 339 g/mol. The third-order valence-electron chi connectivity index (χ3n) is 3.66. The molecule has 0 bridgehead atoms. The van der Waals surface area contributed by atoms with Crippen LogP contribution in [-0.4, -0.2) is 40.9 Å². The van der Waals surface area contributed by atoms with Crippen molar-refractivity contribution in [1.82, 2.24) is 4.90 Å². The maximum absolute atomic E-state index is 12.2.